The molecule has 0 aromatic carbocycles. The lowest BCUT2D eigenvalue weighted by atomic mass is 10.2. The minimum Gasteiger partial charge on any atom is -0.330 e. The Morgan fingerprint density at radius 1 is 1.47 bits per heavy atom. The maximum atomic E-state index is 4.61. The summed E-state index contributed by atoms with van der Waals surface area (Å²) in [6.45, 7) is 4.73. The van der Waals surface area contributed by atoms with Crippen molar-refractivity contribution in [2.24, 2.45) is 0 Å². The summed E-state index contributed by atoms with van der Waals surface area (Å²) in [6.07, 6.45) is 2.97. The number of fused-ring (bicyclic) bond motifs is 2. The van der Waals surface area contributed by atoms with Crippen LogP contribution in [0.25, 0.3) is 0 Å². The van der Waals surface area contributed by atoms with Gasteiger partial charge in [0, 0.05) is 37.1 Å². The van der Waals surface area contributed by atoms with Crippen molar-refractivity contribution < 1.29 is 0 Å². The first-order valence-corrected chi connectivity index (χ1v) is 5.99. The molecule has 3 heterocycles. The molecule has 0 bridgehead atoms. The van der Waals surface area contributed by atoms with Crippen molar-refractivity contribution in [2.75, 3.05) is 7.05 Å². The maximum absolute atomic E-state index is 4.61. The first kappa shape index (κ1) is 10.5. The van der Waals surface area contributed by atoms with E-state index in [9.17, 15) is 0 Å². The van der Waals surface area contributed by atoms with Crippen LogP contribution in [0.4, 0.5) is 0 Å². The lowest BCUT2D eigenvalue weighted by Crippen LogP contribution is -2.09. The third-order valence-corrected chi connectivity index (χ3v) is 3.29. The van der Waals surface area contributed by atoms with Gasteiger partial charge < -0.3 is 9.88 Å². The first-order valence-electron chi connectivity index (χ1n) is 5.99. The average molecular weight is 231 g/mol. The zero-order valence-electron chi connectivity index (χ0n) is 10.3. The van der Waals surface area contributed by atoms with E-state index in [1.165, 1.54) is 11.4 Å². The summed E-state index contributed by atoms with van der Waals surface area (Å²) >= 11 is 0. The van der Waals surface area contributed by atoms with Crippen LogP contribution >= 0.6 is 0 Å². The van der Waals surface area contributed by atoms with Crippen molar-refractivity contribution in [1.82, 2.24) is 24.6 Å². The van der Waals surface area contributed by atoms with E-state index in [1.807, 2.05) is 13.2 Å². The summed E-state index contributed by atoms with van der Waals surface area (Å²) in [5.74, 6) is 1.11. The summed E-state index contributed by atoms with van der Waals surface area (Å²) in [4.78, 5) is 4.46. The highest BCUT2D eigenvalue weighted by molar-refractivity contribution is 5.15. The molecule has 0 amide bonds. The van der Waals surface area contributed by atoms with Crippen LogP contribution in [0.1, 0.15) is 22.9 Å². The van der Waals surface area contributed by atoms with Crippen LogP contribution in [0.2, 0.25) is 0 Å². The van der Waals surface area contributed by atoms with Crippen molar-refractivity contribution in [1.29, 1.82) is 0 Å². The Morgan fingerprint density at radius 2 is 2.35 bits per heavy atom. The largest absolute Gasteiger partial charge is 0.330 e. The molecule has 5 heteroatoms. The van der Waals surface area contributed by atoms with Gasteiger partial charge in [0.2, 0.25) is 0 Å². The van der Waals surface area contributed by atoms with Crippen LogP contribution < -0.4 is 5.32 Å². The Labute approximate surface area is 100 Å². The number of nitrogens with zero attached hydrogens (tertiary/aromatic N) is 4. The molecular formula is C12H17N5. The number of aryl methyl sites for hydroxylation is 2. The monoisotopic (exact) mass is 231 g/mol. The first-order chi connectivity index (χ1) is 8.28. The molecule has 3 rings (SSSR count). The lowest BCUT2D eigenvalue weighted by molar-refractivity contribution is 0.620. The lowest BCUT2D eigenvalue weighted by Gasteiger charge is -2.04. The van der Waals surface area contributed by atoms with E-state index in [-0.39, 0.29) is 0 Å². The summed E-state index contributed by atoms with van der Waals surface area (Å²) in [5, 5.41) is 7.74. The number of imidazole rings is 1. The second kappa shape index (κ2) is 4.00. The van der Waals surface area contributed by atoms with Crippen molar-refractivity contribution in [3.8, 4) is 0 Å². The molecule has 0 spiro atoms. The van der Waals surface area contributed by atoms with Crippen molar-refractivity contribution in [3.05, 3.63) is 35.2 Å². The minimum atomic E-state index is 0.785. The highest BCUT2D eigenvalue weighted by Gasteiger charge is 2.16. The molecule has 0 fully saturated rings. The van der Waals surface area contributed by atoms with E-state index in [0.29, 0.717) is 0 Å². The van der Waals surface area contributed by atoms with Gasteiger partial charge in [-0.15, -0.1) is 0 Å². The van der Waals surface area contributed by atoms with Gasteiger partial charge in [-0.2, -0.15) is 5.10 Å². The fourth-order valence-electron chi connectivity index (χ4n) is 2.42. The Balaban J connectivity index is 1.95. The molecule has 0 unspecified atom stereocenters. The molecule has 0 atom stereocenters. The quantitative estimate of drug-likeness (QED) is 0.828. The van der Waals surface area contributed by atoms with Gasteiger partial charge in [-0.25, -0.2) is 4.98 Å². The molecule has 1 aliphatic heterocycles. The standard InChI is InChI=1S/C12H17N5/c1-9-6-14-12-8-17-11(3-4-16(9)12)5-10(15-17)7-13-2/h5-6,13H,3-4,7-8H2,1-2H3. The predicted molar refractivity (Wildman–Crippen MR) is 64.8 cm³/mol. The Kier molecular flexibility index (Phi) is 2.48. The van der Waals surface area contributed by atoms with E-state index in [1.54, 1.807) is 0 Å². The Hall–Kier alpha value is -1.62. The molecule has 0 saturated carbocycles. The molecule has 1 N–H and O–H groups in total. The van der Waals surface area contributed by atoms with E-state index < -0.39 is 0 Å². The average Bonchev–Trinajstić information content (AvgIpc) is 2.79. The van der Waals surface area contributed by atoms with E-state index in [4.69, 9.17) is 0 Å². The SMILES string of the molecule is CNCc1cc2n(n1)Cc1ncc(C)n1CC2. The van der Waals surface area contributed by atoms with Crippen LogP contribution in [0, 0.1) is 6.92 Å². The van der Waals surface area contributed by atoms with Crippen LogP contribution in [0.15, 0.2) is 12.3 Å². The second-order valence-corrected chi connectivity index (χ2v) is 4.53. The van der Waals surface area contributed by atoms with Gasteiger partial charge in [-0.3, -0.25) is 4.68 Å². The molecular weight excluding hydrogens is 214 g/mol. The Bertz CT molecular complexity index is 537. The number of aromatic nitrogens is 4. The van der Waals surface area contributed by atoms with Gasteiger partial charge in [0.25, 0.3) is 0 Å². The van der Waals surface area contributed by atoms with Crippen molar-refractivity contribution >= 4 is 0 Å². The van der Waals surface area contributed by atoms with Crippen LogP contribution in [0.5, 0.6) is 0 Å². The molecule has 90 valence electrons. The molecule has 17 heavy (non-hydrogen) atoms. The third-order valence-electron chi connectivity index (χ3n) is 3.29. The number of nitrogens with one attached hydrogen (secondary N) is 1. The summed E-state index contributed by atoms with van der Waals surface area (Å²) < 4.78 is 4.37. The smallest absolute Gasteiger partial charge is 0.130 e. The normalized spacial score (nSPS) is 14.2. The third kappa shape index (κ3) is 1.76. The second-order valence-electron chi connectivity index (χ2n) is 4.53. The number of rotatable bonds is 2. The summed E-state index contributed by atoms with van der Waals surface area (Å²) in [6, 6.07) is 2.19. The van der Waals surface area contributed by atoms with E-state index >= 15 is 0 Å². The number of hydrogen-bond donors (Lipinski definition) is 1. The predicted octanol–water partition coefficient (Wildman–Crippen LogP) is 0.712. The van der Waals surface area contributed by atoms with Gasteiger partial charge in [0.15, 0.2) is 0 Å². The van der Waals surface area contributed by atoms with Gasteiger partial charge in [0.1, 0.15) is 5.82 Å². The molecule has 1 aliphatic rings. The summed E-state index contributed by atoms with van der Waals surface area (Å²) in [5.41, 5.74) is 3.65. The zero-order chi connectivity index (χ0) is 11.8. The van der Waals surface area contributed by atoms with E-state index in [0.717, 1.165) is 37.6 Å². The van der Waals surface area contributed by atoms with Crippen LogP contribution in [0.3, 0.4) is 0 Å². The highest BCUT2D eigenvalue weighted by atomic mass is 15.3. The molecule has 0 saturated heterocycles. The minimum absolute atomic E-state index is 0.785. The molecule has 5 nitrogen and oxygen atoms in total. The molecule has 2 aromatic heterocycles. The molecule has 0 radical (unpaired) electrons. The maximum Gasteiger partial charge on any atom is 0.130 e. The van der Waals surface area contributed by atoms with Crippen molar-refractivity contribution in [3.63, 3.8) is 0 Å². The van der Waals surface area contributed by atoms with Gasteiger partial charge in [0.05, 0.1) is 12.2 Å². The van der Waals surface area contributed by atoms with Crippen molar-refractivity contribution in [2.45, 2.75) is 33.0 Å². The van der Waals surface area contributed by atoms with Gasteiger partial charge in [-0.05, 0) is 20.0 Å². The molecule has 2 aromatic rings. The van der Waals surface area contributed by atoms with Crippen LogP contribution in [-0.2, 0) is 26.1 Å². The number of hydrogen-bond acceptors (Lipinski definition) is 3. The fourth-order valence-corrected chi connectivity index (χ4v) is 2.42. The van der Waals surface area contributed by atoms with Crippen LogP contribution in [-0.4, -0.2) is 26.4 Å². The summed E-state index contributed by atoms with van der Waals surface area (Å²) in [7, 11) is 1.95. The van der Waals surface area contributed by atoms with Gasteiger partial charge in [-0.1, -0.05) is 0 Å². The fraction of sp³-hybridized carbons (Fsp3) is 0.500. The topological polar surface area (TPSA) is 47.7 Å². The molecule has 0 aliphatic carbocycles. The Morgan fingerprint density at radius 3 is 3.18 bits per heavy atom. The van der Waals surface area contributed by atoms with Gasteiger partial charge >= 0.3 is 0 Å². The van der Waals surface area contributed by atoms with E-state index in [2.05, 4.69) is 37.6 Å². The zero-order valence-corrected chi connectivity index (χ0v) is 10.3. The highest BCUT2D eigenvalue weighted by Crippen LogP contribution is 2.16.